The van der Waals surface area contributed by atoms with E-state index in [2.05, 4.69) is 81.5 Å². The minimum Gasteiger partial charge on any atom is -0.0652 e. The molecule has 2 aromatic rings. The zero-order chi connectivity index (χ0) is 16.0. The number of rotatable bonds is 3. The van der Waals surface area contributed by atoms with Gasteiger partial charge in [0.05, 0.1) is 0 Å². The van der Waals surface area contributed by atoms with E-state index >= 15 is 0 Å². The van der Waals surface area contributed by atoms with Crippen molar-refractivity contribution in [1.82, 2.24) is 0 Å². The monoisotopic (exact) mass is 300 g/mol. The molecule has 0 heterocycles. The second-order valence-corrected chi connectivity index (χ2v) is 7.29. The molecule has 116 valence electrons. The van der Waals surface area contributed by atoms with Crippen LogP contribution in [0.4, 0.5) is 0 Å². The first-order valence-corrected chi connectivity index (χ1v) is 8.72. The predicted molar refractivity (Wildman–Crippen MR) is 99.4 cm³/mol. The molecule has 0 spiro atoms. The molecular weight excluding hydrogens is 276 g/mol. The Morgan fingerprint density at radius 3 is 2.00 bits per heavy atom. The second-order valence-electron chi connectivity index (χ2n) is 7.29. The molecule has 0 N–H and O–H groups in total. The molecule has 0 saturated carbocycles. The lowest BCUT2D eigenvalue weighted by Crippen LogP contribution is -2.09. The number of hydrogen-bond acceptors (Lipinski definition) is 0. The maximum absolute atomic E-state index is 2.44. The van der Waals surface area contributed by atoms with E-state index in [9.17, 15) is 0 Å². The minimum absolute atomic E-state index is 0.560. The summed E-state index contributed by atoms with van der Waals surface area (Å²) in [7, 11) is 0. The average Bonchev–Trinajstić information content (AvgIpc) is 3.07. The number of fused-ring (bicyclic) bond motifs is 2. The Morgan fingerprint density at radius 1 is 0.783 bits per heavy atom. The van der Waals surface area contributed by atoms with Gasteiger partial charge < -0.3 is 0 Å². The highest BCUT2D eigenvalue weighted by atomic mass is 14.4. The fraction of sp³-hybridized carbons (Fsp3) is 0.304. The Kier molecular flexibility index (Phi) is 3.49. The van der Waals surface area contributed by atoms with E-state index in [0.717, 1.165) is 0 Å². The number of hydrogen-bond donors (Lipinski definition) is 0. The molecule has 0 bridgehead atoms. The Balaban J connectivity index is 1.71. The third-order valence-electron chi connectivity index (χ3n) is 5.54. The van der Waals surface area contributed by atoms with Gasteiger partial charge in [0.1, 0.15) is 0 Å². The van der Waals surface area contributed by atoms with Crippen molar-refractivity contribution in [3.05, 3.63) is 81.9 Å². The van der Waals surface area contributed by atoms with Gasteiger partial charge in [0.2, 0.25) is 0 Å². The van der Waals surface area contributed by atoms with Crippen LogP contribution in [0.15, 0.2) is 59.7 Å². The van der Waals surface area contributed by atoms with Crippen molar-refractivity contribution in [2.24, 2.45) is 5.92 Å². The van der Waals surface area contributed by atoms with Crippen molar-refractivity contribution in [2.75, 3.05) is 0 Å². The van der Waals surface area contributed by atoms with Crippen LogP contribution >= 0.6 is 0 Å². The second kappa shape index (κ2) is 5.53. The highest BCUT2D eigenvalue weighted by molar-refractivity contribution is 5.69. The Labute approximate surface area is 139 Å². The summed E-state index contributed by atoms with van der Waals surface area (Å²) < 4.78 is 0. The van der Waals surface area contributed by atoms with Crippen molar-refractivity contribution in [1.29, 1.82) is 0 Å². The molecule has 2 aliphatic rings. The normalized spacial score (nSPS) is 21.9. The first kappa shape index (κ1) is 14.5. The zero-order valence-electron chi connectivity index (χ0n) is 14.2. The zero-order valence-corrected chi connectivity index (χ0v) is 14.2. The first-order chi connectivity index (χ1) is 11.1. The lowest BCUT2D eigenvalue weighted by atomic mass is 9.79. The van der Waals surface area contributed by atoms with Crippen LogP contribution in [-0.2, 0) is 0 Å². The van der Waals surface area contributed by atoms with Crippen LogP contribution in [0, 0.1) is 5.92 Å². The van der Waals surface area contributed by atoms with Crippen molar-refractivity contribution in [3.8, 4) is 0 Å². The molecule has 0 fully saturated rings. The number of allylic oxidation sites excluding steroid dienone is 2. The van der Waals surface area contributed by atoms with Crippen LogP contribution in [0.25, 0.3) is 12.2 Å². The molecule has 2 unspecified atom stereocenters. The quantitative estimate of drug-likeness (QED) is 0.614. The fourth-order valence-electron chi connectivity index (χ4n) is 4.35. The molecule has 0 saturated heterocycles. The van der Waals surface area contributed by atoms with Gasteiger partial charge in [-0.2, -0.15) is 0 Å². The lowest BCUT2D eigenvalue weighted by Gasteiger charge is -2.24. The van der Waals surface area contributed by atoms with Gasteiger partial charge in [-0.15, -0.1) is 0 Å². The molecule has 0 nitrogen and oxygen atoms in total. The Hall–Kier alpha value is -2.08. The van der Waals surface area contributed by atoms with Crippen LogP contribution in [0.2, 0.25) is 0 Å². The van der Waals surface area contributed by atoms with Gasteiger partial charge in [0, 0.05) is 11.8 Å². The van der Waals surface area contributed by atoms with Gasteiger partial charge in [-0.05, 0) is 41.5 Å². The first-order valence-electron chi connectivity index (χ1n) is 8.72. The summed E-state index contributed by atoms with van der Waals surface area (Å²) in [6.07, 6.45) is 6.00. The third-order valence-corrected chi connectivity index (χ3v) is 5.54. The Bertz CT molecular complexity index is 804. The SMILES string of the molecule is CC1=Cc2ccccc2C1CC1C(C(C)C)=Cc2ccccc21. The van der Waals surface area contributed by atoms with Crippen LogP contribution in [0.5, 0.6) is 0 Å². The Morgan fingerprint density at radius 2 is 1.35 bits per heavy atom. The van der Waals surface area contributed by atoms with Crippen molar-refractivity contribution < 1.29 is 0 Å². The van der Waals surface area contributed by atoms with Crippen molar-refractivity contribution >= 4 is 12.2 Å². The van der Waals surface area contributed by atoms with Gasteiger partial charge in [0.25, 0.3) is 0 Å². The summed E-state index contributed by atoms with van der Waals surface area (Å²) in [6, 6.07) is 17.8. The van der Waals surface area contributed by atoms with E-state index in [0.29, 0.717) is 17.8 Å². The molecule has 23 heavy (non-hydrogen) atoms. The molecule has 0 amide bonds. The van der Waals surface area contributed by atoms with Crippen LogP contribution in [0.3, 0.4) is 0 Å². The maximum Gasteiger partial charge on any atom is 0.00689 e. The van der Waals surface area contributed by atoms with Crippen LogP contribution in [-0.4, -0.2) is 0 Å². The number of benzene rings is 2. The standard InChI is InChI=1S/C23H24/c1-15(2)21-13-18-9-5-7-11-20(18)23(21)14-22-16(3)12-17-8-4-6-10-19(17)22/h4-13,15,22-23H,14H2,1-3H3. The average molecular weight is 300 g/mol. The van der Waals surface area contributed by atoms with E-state index in [1.54, 1.807) is 5.57 Å². The molecule has 2 atom stereocenters. The topological polar surface area (TPSA) is 0 Å². The van der Waals surface area contributed by atoms with E-state index in [1.807, 2.05) is 0 Å². The summed E-state index contributed by atoms with van der Waals surface area (Å²) >= 11 is 0. The van der Waals surface area contributed by atoms with Crippen LogP contribution in [0.1, 0.15) is 61.3 Å². The summed E-state index contributed by atoms with van der Waals surface area (Å²) in [4.78, 5) is 0. The molecular formula is C23H24. The fourth-order valence-corrected chi connectivity index (χ4v) is 4.35. The van der Waals surface area contributed by atoms with Crippen molar-refractivity contribution in [2.45, 2.75) is 39.0 Å². The van der Waals surface area contributed by atoms with Crippen LogP contribution < -0.4 is 0 Å². The van der Waals surface area contributed by atoms with E-state index in [4.69, 9.17) is 0 Å². The van der Waals surface area contributed by atoms with Gasteiger partial charge in [-0.3, -0.25) is 0 Å². The lowest BCUT2D eigenvalue weighted by molar-refractivity contribution is 0.588. The largest absolute Gasteiger partial charge is 0.0652 e. The summed E-state index contributed by atoms with van der Waals surface area (Å²) in [5, 5.41) is 0. The van der Waals surface area contributed by atoms with Gasteiger partial charge in [-0.25, -0.2) is 0 Å². The molecule has 0 heteroatoms. The predicted octanol–water partition coefficient (Wildman–Crippen LogP) is 6.41. The van der Waals surface area contributed by atoms with E-state index in [-0.39, 0.29) is 0 Å². The molecule has 0 aromatic heterocycles. The molecule has 4 rings (SSSR count). The van der Waals surface area contributed by atoms with Crippen molar-refractivity contribution in [3.63, 3.8) is 0 Å². The molecule has 0 radical (unpaired) electrons. The third kappa shape index (κ3) is 2.37. The highest BCUT2D eigenvalue weighted by Gasteiger charge is 2.32. The summed E-state index contributed by atoms with van der Waals surface area (Å²) in [6.45, 7) is 6.95. The minimum atomic E-state index is 0.560. The van der Waals surface area contributed by atoms with Gasteiger partial charge in [0.15, 0.2) is 0 Å². The molecule has 0 aliphatic heterocycles. The van der Waals surface area contributed by atoms with E-state index in [1.165, 1.54) is 34.2 Å². The molecule has 2 aromatic carbocycles. The van der Waals surface area contributed by atoms with Gasteiger partial charge in [-0.1, -0.05) is 85.7 Å². The maximum atomic E-state index is 2.44. The smallest absolute Gasteiger partial charge is 0.00689 e. The van der Waals surface area contributed by atoms with E-state index < -0.39 is 0 Å². The molecule has 2 aliphatic carbocycles. The highest BCUT2D eigenvalue weighted by Crippen LogP contribution is 2.48. The summed E-state index contributed by atoms with van der Waals surface area (Å²) in [5.74, 6) is 1.73. The summed E-state index contributed by atoms with van der Waals surface area (Å²) in [5.41, 5.74) is 8.98. The van der Waals surface area contributed by atoms with Gasteiger partial charge >= 0.3 is 0 Å².